The molecular formula is C17H19N3O2S. The van der Waals surface area contributed by atoms with Crippen molar-refractivity contribution in [2.24, 2.45) is 0 Å². The van der Waals surface area contributed by atoms with Gasteiger partial charge in [-0.05, 0) is 12.0 Å². The maximum Gasteiger partial charge on any atom is 0.273 e. The zero-order valence-electron chi connectivity index (χ0n) is 12.9. The van der Waals surface area contributed by atoms with Crippen LogP contribution in [0, 0.1) is 0 Å². The molecule has 2 aromatic rings. The fraction of sp³-hybridized carbons (Fsp3) is 0.353. The number of nitrogens with zero attached hydrogens (tertiary/aromatic N) is 3. The highest BCUT2D eigenvalue weighted by Gasteiger charge is 2.25. The summed E-state index contributed by atoms with van der Waals surface area (Å²) in [4.78, 5) is 32.2. The van der Waals surface area contributed by atoms with Crippen LogP contribution in [-0.2, 0) is 11.2 Å². The van der Waals surface area contributed by atoms with Crippen LogP contribution in [0.25, 0.3) is 0 Å². The Kier molecular flexibility index (Phi) is 5.02. The fourth-order valence-corrected chi connectivity index (χ4v) is 3.22. The molecule has 23 heavy (non-hydrogen) atoms. The molecule has 5 nitrogen and oxygen atoms in total. The lowest BCUT2D eigenvalue weighted by Gasteiger charge is -2.34. The van der Waals surface area contributed by atoms with E-state index in [0.29, 0.717) is 38.3 Å². The lowest BCUT2D eigenvalue weighted by atomic mass is 10.1. The maximum atomic E-state index is 12.3. The molecule has 120 valence electrons. The molecule has 2 amide bonds. The second-order valence-electron chi connectivity index (χ2n) is 5.53. The Labute approximate surface area is 139 Å². The summed E-state index contributed by atoms with van der Waals surface area (Å²) in [5.74, 6) is 0.122. The van der Waals surface area contributed by atoms with Crippen LogP contribution in [0.1, 0.15) is 22.5 Å². The predicted octanol–water partition coefficient (Wildman–Crippen LogP) is 2.06. The van der Waals surface area contributed by atoms with Crippen molar-refractivity contribution in [1.82, 2.24) is 14.8 Å². The van der Waals surface area contributed by atoms with Gasteiger partial charge in [0.1, 0.15) is 5.69 Å². The minimum Gasteiger partial charge on any atom is -0.339 e. The number of rotatable bonds is 4. The highest BCUT2D eigenvalue weighted by Crippen LogP contribution is 2.11. The van der Waals surface area contributed by atoms with Crippen LogP contribution < -0.4 is 0 Å². The largest absolute Gasteiger partial charge is 0.339 e. The average Bonchev–Trinajstić information content (AvgIpc) is 3.15. The van der Waals surface area contributed by atoms with Gasteiger partial charge in [0.15, 0.2) is 0 Å². The van der Waals surface area contributed by atoms with Gasteiger partial charge in [-0.15, -0.1) is 11.3 Å². The number of aryl methyl sites for hydroxylation is 1. The number of hydrogen-bond acceptors (Lipinski definition) is 4. The zero-order valence-corrected chi connectivity index (χ0v) is 13.7. The highest BCUT2D eigenvalue weighted by molar-refractivity contribution is 7.07. The second-order valence-corrected chi connectivity index (χ2v) is 6.25. The monoisotopic (exact) mass is 329 g/mol. The molecule has 3 rings (SSSR count). The third-order valence-electron chi connectivity index (χ3n) is 4.04. The lowest BCUT2D eigenvalue weighted by Crippen LogP contribution is -2.50. The van der Waals surface area contributed by atoms with Gasteiger partial charge in [-0.25, -0.2) is 4.98 Å². The number of piperazine rings is 1. The van der Waals surface area contributed by atoms with Gasteiger partial charge >= 0.3 is 0 Å². The van der Waals surface area contributed by atoms with Crippen molar-refractivity contribution in [3.8, 4) is 0 Å². The first-order chi connectivity index (χ1) is 11.2. The molecule has 1 saturated heterocycles. The van der Waals surface area contributed by atoms with E-state index in [1.165, 1.54) is 16.9 Å². The molecule has 0 unspecified atom stereocenters. The molecule has 1 aromatic heterocycles. The first-order valence-corrected chi connectivity index (χ1v) is 8.67. The molecule has 0 spiro atoms. The Morgan fingerprint density at radius 2 is 1.74 bits per heavy atom. The summed E-state index contributed by atoms with van der Waals surface area (Å²) < 4.78 is 0. The number of benzene rings is 1. The number of thiazole rings is 1. The van der Waals surface area contributed by atoms with Crippen molar-refractivity contribution in [3.05, 3.63) is 52.5 Å². The topological polar surface area (TPSA) is 53.5 Å². The van der Waals surface area contributed by atoms with Crippen molar-refractivity contribution < 1.29 is 9.59 Å². The van der Waals surface area contributed by atoms with Gasteiger partial charge in [0.25, 0.3) is 5.91 Å². The molecule has 2 heterocycles. The van der Waals surface area contributed by atoms with Crippen LogP contribution in [-0.4, -0.2) is 52.8 Å². The van der Waals surface area contributed by atoms with Crippen molar-refractivity contribution in [3.63, 3.8) is 0 Å². The fourth-order valence-electron chi connectivity index (χ4n) is 2.69. The van der Waals surface area contributed by atoms with E-state index in [-0.39, 0.29) is 11.8 Å². The van der Waals surface area contributed by atoms with Gasteiger partial charge < -0.3 is 9.80 Å². The lowest BCUT2D eigenvalue weighted by molar-refractivity contribution is -0.132. The standard InChI is InChI=1S/C17H19N3O2S/c21-16(7-6-14-4-2-1-3-5-14)19-8-10-20(11-9-19)17(22)15-12-23-13-18-15/h1-5,12-13H,6-11H2. The molecule has 0 aliphatic carbocycles. The molecule has 1 aromatic carbocycles. The molecule has 0 saturated carbocycles. The Bertz CT molecular complexity index is 650. The van der Waals surface area contributed by atoms with Gasteiger partial charge in [-0.2, -0.15) is 0 Å². The number of hydrogen-bond donors (Lipinski definition) is 0. The first kappa shape index (κ1) is 15.7. The van der Waals surface area contributed by atoms with Gasteiger partial charge in [0, 0.05) is 38.0 Å². The Morgan fingerprint density at radius 1 is 1.04 bits per heavy atom. The van der Waals surface area contributed by atoms with Crippen LogP contribution in [0.4, 0.5) is 0 Å². The Morgan fingerprint density at radius 3 is 2.39 bits per heavy atom. The van der Waals surface area contributed by atoms with E-state index in [9.17, 15) is 9.59 Å². The van der Waals surface area contributed by atoms with Crippen molar-refractivity contribution in [2.75, 3.05) is 26.2 Å². The van der Waals surface area contributed by atoms with Crippen molar-refractivity contribution >= 4 is 23.2 Å². The molecule has 0 radical (unpaired) electrons. The van der Waals surface area contributed by atoms with E-state index in [0.717, 1.165) is 6.42 Å². The molecule has 0 N–H and O–H groups in total. The van der Waals surface area contributed by atoms with Crippen LogP contribution >= 0.6 is 11.3 Å². The number of aromatic nitrogens is 1. The molecule has 1 aliphatic heterocycles. The quantitative estimate of drug-likeness (QED) is 0.863. The SMILES string of the molecule is O=C(CCc1ccccc1)N1CCN(C(=O)c2cscn2)CC1. The molecule has 0 bridgehead atoms. The van der Waals surface area contributed by atoms with Gasteiger partial charge in [-0.3, -0.25) is 9.59 Å². The summed E-state index contributed by atoms with van der Waals surface area (Å²) in [6.07, 6.45) is 1.28. The van der Waals surface area contributed by atoms with Crippen LogP contribution in [0.3, 0.4) is 0 Å². The molecular weight excluding hydrogens is 310 g/mol. The van der Waals surface area contributed by atoms with E-state index in [2.05, 4.69) is 4.98 Å². The van der Waals surface area contributed by atoms with Gasteiger partial charge in [-0.1, -0.05) is 30.3 Å². The third-order valence-corrected chi connectivity index (χ3v) is 4.63. The summed E-state index contributed by atoms with van der Waals surface area (Å²) in [5.41, 5.74) is 3.34. The molecule has 1 fully saturated rings. The van der Waals surface area contributed by atoms with E-state index in [1.54, 1.807) is 15.8 Å². The minimum absolute atomic E-state index is 0.0392. The van der Waals surface area contributed by atoms with E-state index in [4.69, 9.17) is 0 Å². The number of carbonyl (C=O) groups excluding carboxylic acids is 2. The van der Waals surface area contributed by atoms with Crippen molar-refractivity contribution in [2.45, 2.75) is 12.8 Å². The first-order valence-electron chi connectivity index (χ1n) is 7.73. The van der Waals surface area contributed by atoms with E-state index >= 15 is 0 Å². The summed E-state index contributed by atoms with van der Waals surface area (Å²) >= 11 is 1.42. The second kappa shape index (κ2) is 7.37. The smallest absolute Gasteiger partial charge is 0.273 e. The Balaban J connectivity index is 1.47. The molecule has 0 atom stereocenters. The van der Waals surface area contributed by atoms with Gasteiger partial charge in [0.05, 0.1) is 5.51 Å². The molecule has 6 heteroatoms. The predicted molar refractivity (Wildman–Crippen MR) is 89.4 cm³/mol. The zero-order chi connectivity index (χ0) is 16.1. The van der Waals surface area contributed by atoms with Crippen LogP contribution in [0.5, 0.6) is 0 Å². The van der Waals surface area contributed by atoms with Crippen LogP contribution in [0.2, 0.25) is 0 Å². The van der Waals surface area contributed by atoms with Crippen molar-refractivity contribution in [1.29, 1.82) is 0 Å². The van der Waals surface area contributed by atoms with Crippen LogP contribution in [0.15, 0.2) is 41.2 Å². The average molecular weight is 329 g/mol. The molecule has 1 aliphatic rings. The minimum atomic E-state index is -0.0392. The summed E-state index contributed by atoms with van der Waals surface area (Å²) in [5, 5.41) is 1.76. The Hall–Kier alpha value is -2.21. The van der Waals surface area contributed by atoms with E-state index in [1.807, 2.05) is 35.2 Å². The maximum absolute atomic E-state index is 12.3. The normalized spacial score (nSPS) is 14.8. The summed E-state index contributed by atoms with van der Waals surface area (Å²) in [6, 6.07) is 10.0. The third kappa shape index (κ3) is 3.96. The summed E-state index contributed by atoms with van der Waals surface area (Å²) in [6.45, 7) is 2.36. The highest BCUT2D eigenvalue weighted by atomic mass is 32.1. The number of carbonyl (C=O) groups is 2. The van der Waals surface area contributed by atoms with E-state index < -0.39 is 0 Å². The summed E-state index contributed by atoms with van der Waals surface area (Å²) in [7, 11) is 0. The number of amides is 2. The van der Waals surface area contributed by atoms with Gasteiger partial charge in [0.2, 0.25) is 5.91 Å².